The monoisotopic (exact) mass is 627 g/mol. The Labute approximate surface area is 282 Å². The van der Waals surface area contributed by atoms with Gasteiger partial charge in [0.2, 0.25) is 0 Å². The maximum absolute atomic E-state index is 6.83. The number of anilines is 3. The van der Waals surface area contributed by atoms with Gasteiger partial charge in [0.05, 0.1) is 16.8 Å². The highest BCUT2D eigenvalue weighted by Gasteiger charge is 2.26. The third-order valence-electron chi connectivity index (χ3n) is 9.68. The molecule has 230 valence electrons. The van der Waals surface area contributed by atoms with E-state index >= 15 is 0 Å². The molecule has 0 fully saturated rings. The number of rotatable bonds is 5. The molecule has 0 N–H and O–H groups in total. The van der Waals surface area contributed by atoms with Crippen molar-refractivity contribution in [1.29, 1.82) is 0 Å². The Kier molecular flexibility index (Phi) is 6.18. The minimum absolute atomic E-state index is 0.838. The average Bonchev–Trinajstić information content (AvgIpc) is 3.75. The van der Waals surface area contributed by atoms with Crippen LogP contribution in [0.15, 0.2) is 185 Å². The molecule has 0 amide bonds. The fraction of sp³-hybridized carbons (Fsp3) is 0. The van der Waals surface area contributed by atoms with E-state index in [0.717, 1.165) is 77.6 Å². The van der Waals surface area contributed by atoms with Crippen molar-refractivity contribution in [3.05, 3.63) is 176 Å². The summed E-state index contributed by atoms with van der Waals surface area (Å²) >= 11 is 0. The summed E-state index contributed by atoms with van der Waals surface area (Å²) in [6.45, 7) is 0. The molecule has 0 bridgehead atoms. The summed E-state index contributed by atoms with van der Waals surface area (Å²) in [4.78, 5) is 2.37. The molecule has 3 heteroatoms. The van der Waals surface area contributed by atoms with Gasteiger partial charge in [0.25, 0.3) is 0 Å². The van der Waals surface area contributed by atoms with E-state index in [-0.39, 0.29) is 0 Å². The van der Waals surface area contributed by atoms with Gasteiger partial charge in [-0.2, -0.15) is 0 Å². The zero-order valence-corrected chi connectivity index (χ0v) is 26.5. The van der Waals surface area contributed by atoms with Crippen LogP contribution in [0.3, 0.4) is 0 Å². The van der Waals surface area contributed by atoms with E-state index in [9.17, 15) is 0 Å². The Morgan fingerprint density at radius 1 is 0.367 bits per heavy atom. The molecule has 0 radical (unpaired) electrons. The second-order valence-corrected chi connectivity index (χ2v) is 12.5. The van der Waals surface area contributed by atoms with Crippen molar-refractivity contribution in [3.8, 4) is 22.3 Å². The Bertz CT molecular complexity index is 2820. The van der Waals surface area contributed by atoms with Crippen molar-refractivity contribution in [2.45, 2.75) is 0 Å². The van der Waals surface area contributed by atoms with Crippen LogP contribution in [0, 0.1) is 0 Å². The van der Waals surface area contributed by atoms with E-state index in [1.165, 1.54) is 16.3 Å². The van der Waals surface area contributed by atoms with Gasteiger partial charge in [-0.05, 0) is 69.9 Å². The molecule has 49 heavy (non-hydrogen) atoms. The quantitative estimate of drug-likeness (QED) is 0.190. The maximum Gasteiger partial charge on any atom is 0.160 e. The molecule has 2 aromatic heterocycles. The summed E-state index contributed by atoms with van der Waals surface area (Å²) in [6, 6.07) is 61.9. The lowest BCUT2D eigenvalue weighted by Crippen LogP contribution is -2.12. The second kappa shape index (κ2) is 11.0. The summed E-state index contributed by atoms with van der Waals surface area (Å²) < 4.78 is 13.3. The van der Waals surface area contributed by atoms with E-state index in [1.54, 1.807) is 0 Å². The Hall–Kier alpha value is -6.58. The minimum Gasteiger partial charge on any atom is -0.456 e. The van der Waals surface area contributed by atoms with E-state index in [4.69, 9.17) is 8.83 Å². The molecular formula is C46H29NO2. The van der Waals surface area contributed by atoms with Crippen molar-refractivity contribution >= 4 is 71.7 Å². The van der Waals surface area contributed by atoms with Crippen LogP contribution < -0.4 is 4.90 Å². The number of hydrogen-bond acceptors (Lipinski definition) is 3. The van der Waals surface area contributed by atoms with Crippen molar-refractivity contribution in [2.75, 3.05) is 4.90 Å². The average molecular weight is 628 g/mol. The highest BCUT2D eigenvalue weighted by molar-refractivity contribution is 6.18. The van der Waals surface area contributed by atoms with Crippen LogP contribution in [0.4, 0.5) is 17.1 Å². The summed E-state index contributed by atoms with van der Waals surface area (Å²) in [5.41, 5.74) is 11.0. The molecule has 8 aromatic carbocycles. The van der Waals surface area contributed by atoms with Gasteiger partial charge in [0, 0.05) is 27.4 Å². The van der Waals surface area contributed by atoms with Gasteiger partial charge in [-0.3, -0.25) is 0 Å². The smallest absolute Gasteiger partial charge is 0.160 e. The van der Waals surface area contributed by atoms with Crippen LogP contribution in [-0.2, 0) is 0 Å². The van der Waals surface area contributed by atoms with Crippen molar-refractivity contribution in [1.82, 2.24) is 0 Å². The van der Waals surface area contributed by atoms with Gasteiger partial charge < -0.3 is 13.7 Å². The Morgan fingerprint density at radius 3 is 1.84 bits per heavy atom. The molecule has 0 saturated heterocycles. The number of furan rings is 2. The second-order valence-electron chi connectivity index (χ2n) is 12.5. The van der Waals surface area contributed by atoms with Gasteiger partial charge in [-0.15, -0.1) is 0 Å². The predicted octanol–water partition coefficient (Wildman–Crippen LogP) is 13.4. The molecule has 0 aliphatic rings. The van der Waals surface area contributed by atoms with Gasteiger partial charge in [-0.25, -0.2) is 0 Å². The predicted molar refractivity (Wildman–Crippen MR) is 204 cm³/mol. The lowest BCUT2D eigenvalue weighted by atomic mass is 9.97. The normalized spacial score (nSPS) is 11.7. The molecule has 0 atom stereocenters. The zero-order valence-electron chi connectivity index (χ0n) is 26.5. The Morgan fingerprint density at radius 2 is 1.00 bits per heavy atom. The molecule has 10 aromatic rings. The molecule has 0 aliphatic carbocycles. The lowest BCUT2D eigenvalue weighted by Gasteiger charge is -2.29. The number of fused-ring (bicyclic) bond motifs is 7. The lowest BCUT2D eigenvalue weighted by molar-refractivity contribution is 0.668. The van der Waals surface area contributed by atoms with Crippen LogP contribution in [0.5, 0.6) is 0 Å². The molecule has 2 heterocycles. The molecule has 3 nitrogen and oxygen atoms in total. The van der Waals surface area contributed by atoms with Crippen LogP contribution in [0.2, 0.25) is 0 Å². The molecule has 0 saturated carbocycles. The minimum atomic E-state index is 0.838. The number of benzene rings is 8. The first-order valence-electron chi connectivity index (χ1n) is 16.6. The molecule has 10 rings (SSSR count). The molecular weight excluding hydrogens is 599 g/mol. The zero-order chi connectivity index (χ0) is 32.3. The van der Waals surface area contributed by atoms with Crippen molar-refractivity contribution < 1.29 is 8.83 Å². The summed E-state index contributed by atoms with van der Waals surface area (Å²) in [5.74, 6) is 0. The fourth-order valence-corrected chi connectivity index (χ4v) is 7.45. The summed E-state index contributed by atoms with van der Waals surface area (Å²) in [7, 11) is 0. The Balaban J connectivity index is 1.30. The van der Waals surface area contributed by atoms with Crippen molar-refractivity contribution in [2.24, 2.45) is 0 Å². The third kappa shape index (κ3) is 4.37. The third-order valence-corrected chi connectivity index (χ3v) is 9.68. The standard InChI is InChI=1S/C46H29NO2/c1-2-12-31(13-3-1)36-28-29-38-37-17-6-8-21-41(37)49-46(38)45(36)47(40-20-11-23-43-44(40)39-18-7-9-22-42(39)48-43)33-26-24-32(25-27-33)35-19-10-15-30-14-4-5-16-34(30)35/h1-29H. The molecule has 0 aliphatic heterocycles. The van der Waals surface area contributed by atoms with Gasteiger partial charge in [0.15, 0.2) is 5.58 Å². The summed E-state index contributed by atoms with van der Waals surface area (Å²) in [5, 5.41) is 6.77. The summed E-state index contributed by atoms with van der Waals surface area (Å²) in [6.07, 6.45) is 0. The molecule has 0 unspecified atom stereocenters. The van der Waals surface area contributed by atoms with Gasteiger partial charge in [-0.1, -0.05) is 133 Å². The fourth-order valence-electron chi connectivity index (χ4n) is 7.45. The number of hydrogen-bond donors (Lipinski definition) is 0. The van der Waals surface area contributed by atoms with Gasteiger partial charge in [0.1, 0.15) is 16.7 Å². The van der Waals surface area contributed by atoms with Crippen molar-refractivity contribution in [3.63, 3.8) is 0 Å². The van der Waals surface area contributed by atoms with Gasteiger partial charge >= 0.3 is 0 Å². The first-order valence-corrected chi connectivity index (χ1v) is 16.6. The maximum atomic E-state index is 6.83. The van der Waals surface area contributed by atoms with Crippen LogP contribution in [0.25, 0.3) is 76.9 Å². The largest absolute Gasteiger partial charge is 0.456 e. The van der Waals surface area contributed by atoms with Crippen LogP contribution >= 0.6 is 0 Å². The van der Waals surface area contributed by atoms with Crippen LogP contribution in [0.1, 0.15) is 0 Å². The SMILES string of the molecule is c1ccc(-c2ccc3c(oc4ccccc43)c2N(c2ccc(-c3cccc4ccccc34)cc2)c2cccc3oc4ccccc4c23)cc1. The van der Waals surface area contributed by atoms with E-state index < -0.39 is 0 Å². The van der Waals surface area contributed by atoms with E-state index in [0.29, 0.717) is 0 Å². The van der Waals surface area contributed by atoms with Crippen LogP contribution in [-0.4, -0.2) is 0 Å². The first-order chi connectivity index (χ1) is 24.3. The number of nitrogens with zero attached hydrogens (tertiary/aromatic N) is 1. The molecule has 0 spiro atoms. The first kappa shape index (κ1) is 27.5. The topological polar surface area (TPSA) is 29.5 Å². The van der Waals surface area contributed by atoms with E-state index in [2.05, 4.69) is 163 Å². The highest BCUT2D eigenvalue weighted by Crippen LogP contribution is 2.50. The van der Waals surface area contributed by atoms with E-state index in [1.807, 2.05) is 18.2 Å². The number of para-hydroxylation sites is 2. The highest BCUT2D eigenvalue weighted by atomic mass is 16.3.